The van der Waals surface area contributed by atoms with Crippen molar-refractivity contribution in [1.82, 2.24) is 9.78 Å². The van der Waals surface area contributed by atoms with Gasteiger partial charge < -0.3 is 19.5 Å². The van der Waals surface area contributed by atoms with Crippen molar-refractivity contribution in [3.8, 4) is 11.5 Å². The molecule has 26 heavy (non-hydrogen) atoms. The van der Waals surface area contributed by atoms with Gasteiger partial charge in [0.2, 0.25) is 0 Å². The van der Waals surface area contributed by atoms with Gasteiger partial charge >= 0.3 is 5.97 Å². The second kappa shape index (κ2) is 8.09. The quantitative estimate of drug-likeness (QED) is 0.773. The smallest absolute Gasteiger partial charge is 0.340 e. The highest BCUT2D eigenvalue weighted by Gasteiger charge is 2.24. The number of aromatic nitrogens is 2. The fourth-order valence-corrected chi connectivity index (χ4v) is 2.67. The molecule has 0 radical (unpaired) electrons. The first-order chi connectivity index (χ1) is 12.4. The molecule has 1 N–H and O–H groups in total. The van der Waals surface area contributed by atoms with Crippen LogP contribution in [-0.4, -0.2) is 43.0 Å². The minimum absolute atomic E-state index is 0.119. The second-order valence-electron chi connectivity index (χ2n) is 5.26. The molecule has 0 atom stereocenters. The lowest BCUT2D eigenvalue weighted by Crippen LogP contribution is -2.20. The van der Waals surface area contributed by atoms with Crippen LogP contribution in [0.2, 0.25) is 5.02 Å². The van der Waals surface area contributed by atoms with E-state index in [4.69, 9.17) is 25.8 Å². The average molecular weight is 382 g/mol. The molecule has 8 nitrogen and oxygen atoms in total. The molecule has 0 saturated carbocycles. The fourth-order valence-electron chi connectivity index (χ4n) is 2.45. The number of nitrogens with one attached hydrogen (secondary N) is 1. The van der Waals surface area contributed by atoms with Gasteiger partial charge in [0, 0.05) is 18.7 Å². The SMILES string of the molecule is CCn1nc(C)c(Cl)c1C(=O)Nc1cc(OC)c(OC)cc1C(=O)OC. The molecule has 0 unspecified atom stereocenters. The van der Waals surface area contributed by atoms with Crippen molar-refractivity contribution in [2.45, 2.75) is 20.4 Å². The third kappa shape index (κ3) is 3.60. The largest absolute Gasteiger partial charge is 0.493 e. The summed E-state index contributed by atoms with van der Waals surface area (Å²) in [5.74, 6) is -0.456. The first-order valence-corrected chi connectivity index (χ1v) is 8.14. The highest BCUT2D eigenvalue weighted by Crippen LogP contribution is 2.34. The Labute approximate surface area is 156 Å². The number of carbonyl (C=O) groups is 2. The predicted molar refractivity (Wildman–Crippen MR) is 96.5 cm³/mol. The topological polar surface area (TPSA) is 91.7 Å². The van der Waals surface area contributed by atoms with E-state index >= 15 is 0 Å². The van der Waals surface area contributed by atoms with Crippen LogP contribution < -0.4 is 14.8 Å². The molecular formula is C17H20ClN3O5. The van der Waals surface area contributed by atoms with Gasteiger partial charge in [-0.25, -0.2) is 4.79 Å². The highest BCUT2D eigenvalue weighted by molar-refractivity contribution is 6.34. The maximum Gasteiger partial charge on any atom is 0.340 e. The van der Waals surface area contributed by atoms with Gasteiger partial charge in [0.25, 0.3) is 5.91 Å². The second-order valence-corrected chi connectivity index (χ2v) is 5.64. The van der Waals surface area contributed by atoms with E-state index in [1.165, 1.54) is 38.1 Å². The van der Waals surface area contributed by atoms with Crippen LogP contribution in [0.1, 0.15) is 33.5 Å². The summed E-state index contributed by atoms with van der Waals surface area (Å²) in [6.45, 7) is 4.02. The van der Waals surface area contributed by atoms with Crippen molar-refractivity contribution in [1.29, 1.82) is 0 Å². The van der Waals surface area contributed by atoms with Crippen molar-refractivity contribution in [3.63, 3.8) is 0 Å². The number of amides is 1. The number of nitrogens with zero attached hydrogens (tertiary/aromatic N) is 2. The van der Waals surface area contributed by atoms with Gasteiger partial charge in [0.1, 0.15) is 5.69 Å². The number of hydrogen-bond donors (Lipinski definition) is 1. The molecule has 1 aromatic heterocycles. The summed E-state index contributed by atoms with van der Waals surface area (Å²) in [6, 6.07) is 2.92. The van der Waals surface area contributed by atoms with Gasteiger partial charge in [-0.1, -0.05) is 11.6 Å². The number of ether oxygens (including phenoxy) is 3. The Morgan fingerprint density at radius 3 is 2.35 bits per heavy atom. The van der Waals surface area contributed by atoms with Crippen molar-refractivity contribution >= 4 is 29.2 Å². The molecule has 1 aromatic carbocycles. The number of methoxy groups -OCH3 is 3. The molecule has 0 fully saturated rings. The van der Waals surface area contributed by atoms with Crippen molar-refractivity contribution in [2.75, 3.05) is 26.6 Å². The Balaban J connectivity index is 2.51. The normalized spacial score (nSPS) is 10.4. The van der Waals surface area contributed by atoms with Gasteiger partial charge in [0.05, 0.1) is 43.3 Å². The van der Waals surface area contributed by atoms with E-state index < -0.39 is 11.9 Å². The first-order valence-electron chi connectivity index (χ1n) is 7.76. The molecule has 0 bridgehead atoms. The van der Waals surface area contributed by atoms with Gasteiger partial charge in [-0.2, -0.15) is 5.10 Å². The van der Waals surface area contributed by atoms with Gasteiger partial charge in [-0.05, 0) is 13.8 Å². The lowest BCUT2D eigenvalue weighted by molar-refractivity contribution is 0.0601. The van der Waals surface area contributed by atoms with Crippen molar-refractivity contribution < 1.29 is 23.8 Å². The summed E-state index contributed by atoms with van der Waals surface area (Å²) in [7, 11) is 4.14. The molecule has 0 aliphatic rings. The summed E-state index contributed by atoms with van der Waals surface area (Å²) in [5, 5.41) is 7.14. The summed E-state index contributed by atoms with van der Waals surface area (Å²) >= 11 is 6.21. The zero-order valence-electron chi connectivity index (χ0n) is 15.2. The Hall–Kier alpha value is -2.74. The average Bonchev–Trinajstić information content (AvgIpc) is 2.94. The zero-order chi connectivity index (χ0) is 19.4. The molecule has 1 amide bonds. The number of hydrogen-bond acceptors (Lipinski definition) is 6. The van der Waals surface area contributed by atoms with E-state index in [2.05, 4.69) is 10.4 Å². The minimum Gasteiger partial charge on any atom is -0.493 e. The standard InChI is InChI=1S/C17H20ClN3O5/c1-6-21-15(14(18)9(2)20-21)16(22)19-11-8-13(25-4)12(24-3)7-10(11)17(23)26-5/h7-8H,6H2,1-5H3,(H,19,22). The fraction of sp³-hybridized carbons (Fsp3) is 0.353. The Bertz CT molecular complexity index is 847. The van der Waals surface area contributed by atoms with Crippen LogP contribution >= 0.6 is 11.6 Å². The highest BCUT2D eigenvalue weighted by atomic mass is 35.5. The Morgan fingerprint density at radius 1 is 1.19 bits per heavy atom. The number of carbonyl (C=O) groups excluding carboxylic acids is 2. The van der Waals surface area contributed by atoms with E-state index in [1.54, 1.807) is 6.92 Å². The molecular weight excluding hydrogens is 362 g/mol. The number of halogens is 1. The van der Waals surface area contributed by atoms with Crippen LogP contribution in [0.4, 0.5) is 5.69 Å². The molecule has 1 heterocycles. The van der Waals surface area contributed by atoms with E-state index in [9.17, 15) is 9.59 Å². The Morgan fingerprint density at radius 2 is 1.81 bits per heavy atom. The third-order valence-electron chi connectivity index (χ3n) is 3.75. The summed E-state index contributed by atoms with van der Waals surface area (Å²) in [4.78, 5) is 24.9. The molecule has 2 rings (SSSR count). The number of esters is 1. The first kappa shape index (κ1) is 19.6. The number of aryl methyl sites for hydroxylation is 2. The van der Waals surface area contributed by atoms with Crippen LogP contribution in [0, 0.1) is 6.92 Å². The van der Waals surface area contributed by atoms with E-state index in [1.807, 2.05) is 6.92 Å². The lowest BCUT2D eigenvalue weighted by Gasteiger charge is -2.15. The summed E-state index contributed by atoms with van der Waals surface area (Å²) in [5.41, 5.74) is 1.07. The molecule has 0 aliphatic heterocycles. The summed E-state index contributed by atoms with van der Waals surface area (Å²) in [6.07, 6.45) is 0. The third-order valence-corrected chi connectivity index (χ3v) is 4.20. The summed E-state index contributed by atoms with van der Waals surface area (Å²) < 4.78 is 16.7. The van der Waals surface area contributed by atoms with E-state index in [-0.39, 0.29) is 22.0 Å². The number of rotatable bonds is 6. The van der Waals surface area contributed by atoms with Crippen LogP contribution in [-0.2, 0) is 11.3 Å². The van der Waals surface area contributed by atoms with Crippen LogP contribution in [0.25, 0.3) is 0 Å². The molecule has 2 aromatic rings. The van der Waals surface area contributed by atoms with Gasteiger partial charge in [-0.3, -0.25) is 9.48 Å². The molecule has 0 spiro atoms. The molecule has 140 valence electrons. The lowest BCUT2D eigenvalue weighted by atomic mass is 10.1. The maximum atomic E-state index is 12.8. The molecule has 9 heteroatoms. The van der Waals surface area contributed by atoms with Gasteiger partial charge in [-0.15, -0.1) is 0 Å². The number of benzene rings is 1. The monoisotopic (exact) mass is 381 g/mol. The zero-order valence-corrected chi connectivity index (χ0v) is 15.9. The van der Waals surface area contributed by atoms with Crippen LogP contribution in [0.3, 0.4) is 0 Å². The van der Waals surface area contributed by atoms with Crippen LogP contribution in [0.15, 0.2) is 12.1 Å². The predicted octanol–water partition coefficient (Wildman–Crippen LogP) is 2.92. The van der Waals surface area contributed by atoms with E-state index in [0.29, 0.717) is 23.7 Å². The van der Waals surface area contributed by atoms with Crippen molar-refractivity contribution in [2.24, 2.45) is 0 Å². The number of anilines is 1. The van der Waals surface area contributed by atoms with Crippen LogP contribution in [0.5, 0.6) is 11.5 Å². The maximum absolute atomic E-state index is 12.8. The van der Waals surface area contributed by atoms with Gasteiger partial charge in [0.15, 0.2) is 11.5 Å². The van der Waals surface area contributed by atoms with Crippen molar-refractivity contribution in [3.05, 3.63) is 34.1 Å². The Kier molecular flexibility index (Phi) is 6.10. The molecule has 0 aliphatic carbocycles. The van der Waals surface area contributed by atoms with E-state index in [0.717, 1.165) is 0 Å². The minimum atomic E-state index is -0.632. The molecule has 0 saturated heterocycles.